The molecule has 18 heavy (non-hydrogen) atoms. The highest BCUT2D eigenvalue weighted by atomic mass is 35.5. The molecule has 88 valence electrons. The van der Waals surface area contributed by atoms with Crippen molar-refractivity contribution < 1.29 is 9.21 Å². The fraction of sp³-hybridized carbons (Fsp3) is 0. The van der Waals surface area contributed by atoms with E-state index >= 15 is 0 Å². The van der Waals surface area contributed by atoms with Gasteiger partial charge in [-0.3, -0.25) is 9.78 Å². The average Bonchev–Trinajstić information content (AvgIpc) is 2.83. The van der Waals surface area contributed by atoms with E-state index in [2.05, 4.69) is 4.98 Å². The predicted octanol–water partition coefficient (Wildman–Crippen LogP) is 3.71. The fourth-order valence-electron chi connectivity index (χ4n) is 1.92. The maximum atomic E-state index is 12.4. The van der Waals surface area contributed by atoms with Gasteiger partial charge in [0.1, 0.15) is 0 Å². The molecule has 0 atom stereocenters. The molecule has 0 aliphatic heterocycles. The van der Waals surface area contributed by atoms with Crippen LogP contribution in [0.5, 0.6) is 0 Å². The Labute approximate surface area is 108 Å². The Hall–Kier alpha value is -2.13. The molecule has 3 aromatic rings. The second-order valence-electron chi connectivity index (χ2n) is 3.84. The Balaban J connectivity index is 2.21. The van der Waals surface area contributed by atoms with Crippen LogP contribution in [0.15, 0.2) is 53.4 Å². The summed E-state index contributed by atoms with van der Waals surface area (Å²) in [7, 11) is 0. The minimum Gasteiger partial charge on any atom is -0.452 e. The van der Waals surface area contributed by atoms with Gasteiger partial charge in [0.15, 0.2) is 5.78 Å². The number of nitrogens with zero attached hydrogens (tertiary/aromatic N) is 1. The van der Waals surface area contributed by atoms with Crippen molar-refractivity contribution in [2.24, 2.45) is 0 Å². The molecule has 0 amide bonds. The lowest BCUT2D eigenvalue weighted by Gasteiger charge is -2.04. The molecule has 3 nitrogen and oxygen atoms in total. The van der Waals surface area contributed by atoms with E-state index in [1.165, 1.54) is 6.26 Å². The van der Waals surface area contributed by atoms with E-state index in [0.29, 0.717) is 11.1 Å². The van der Waals surface area contributed by atoms with Gasteiger partial charge < -0.3 is 4.42 Å². The highest BCUT2D eigenvalue weighted by Crippen LogP contribution is 2.24. The molecule has 0 unspecified atom stereocenters. The molecule has 0 radical (unpaired) electrons. The number of halogens is 1. The summed E-state index contributed by atoms with van der Waals surface area (Å²) >= 11 is 5.84. The van der Waals surface area contributed by atoms with Crippen LogP contribution in [-0.2, 0) is 0 Å². The number of rotatable bonds is 2. The molecular formula is C14H8ClNO2. The first-order valence-corrected chi connectivity index (χ1v) is 5.75. The number of carbonyl (C=O) groups is 1. The second kappa shape index (κ2) is 4.27. The summed E-state index contributed by atoms with van der Waals surface area (Å²) in [5, 5.41) is 1.89. The van der Waals surface area contributed by atoms with Crippen LogP contribution in [0.2, 0.25) is 5.22 Å². The summed E-state index contributed by atoms with van der Waals surface area (Å²) in [6.45, 7) is 0. The van der Waals surface area contributed by atoms with Crippen molar-refractivity contribution in [2.45, 2.75) is 0 Å². The van der Waals surface area contributed by atoms with Gasteiger partial charge in [-0.1, -0.05) is 18.2 Å². The molecule has 2 heterocycles. The highest BCUT2D eigenvalue weighted by Gasteiger charge is 2.17. The van der Waals surface area contributed by atoms with E-state index < -0.39 is 0 Å². The van der Waals surface area contributed by atoms with Gasteiger partial charge in [-0.25, -0.2) is 0 Å². The van der Waals surface area contributed by atoms with Crippen molar-refractivity contribution in [3.8, 4) is 0 Å². The van der Waals surface area contributed by atoms with Crippen molar-refractivity contribution in [1.82, 2.24) is 4.98 Å². The molecule has 2 aromatic heterocycles. The summed E-state index contributed by atoms with van der Waals surface area (Å²) in [6, 6.07) is 8.90. The van der Waals surface area contributed by atoms with Crippen LogP contribution in [-0.4, -0.2) is 10.8 Å². The van der Waals surface area contributed by atoms with Crippen LogP contribution in [0.1, 0.15) is 15.9 Å². The summed E-state index contributed by atoms with van der Waals surface area (Å²) in [5.41, 5.74) is 0.971. The van der Waals surface area contributed by atoms with Gasteiger partial charge in [0, 0.05) is 23.3 Å². The first-order valence-electron chi connectivity index (χ1n) is 5.38. The first kappa shape index (κ1) is 11.0. The molecule has 0 fully saturated rings. The summed E-state index contributed by atoms with van der Waals surface area (Å²) in [4.78, 5) is 16.4. The van der Waals surface area contributed by atoms with Gasteiger partial charge in [-0.2, -0.15) is 0 Å². The SMILES string of the molecule is O=C(c1ccoc1Cl)c1cccc2cnccc12. The van der Waals surface area contributed by atoms with Crippen molar-refractivity contribution >= 4 is 28.2 Å². The lowest BCUT2D eigenvalue weighted by Crippen LogP contribution is -2.01. The number of carbonyl (C=O) groups excluding carboxylic acids is 1. The Morgan fingerprint density at radius 2 is 2.06 bits per heavy atom. The summed E-state index contributed by atoms with van der Waals surface area (Å²) in [6.07, 6.45) is 4.79. The van der Waals surface area contributed by atoms with E-state index in [4.69, 9.17) is 16.0 Å². The Kier molecular flexibility index (Phi) is 2.61. The zero-order valence-electron chi connectivity index (χ0n) is 9.26. The van der Waals surface area contributed by atoms with E-state index in [0.717, 1.165) is 10.8 Å². The Morgan fingerprint density at radius 3 is 2.83 bits per heavy atom. The quantitative estimate of drug-likeness (QED) is 0.657. The lowest BCUT2D eigenvalue weighted by molar-refractivity contribution is 0.104. The van der Waals surface area contributed by atoms with Crippen molar-refractivity contribution in [3.63, 3.8) is 0 Å². The van der Waals surface area contributed by atoms with Crippen molar-refractivity contribution in [3.05, 3.63) is 65.3 Å². The van der Waals surface area contributed by atoms with Crippen molar-refractivity contribution in [2.75, 3.05) is 0 Å². The van der Waals surface area contributed by atoms with Crippen molar-refractivity contribution in [1.29, 1.82) is 0 Å². The highest BCUT2D eigenvalue weighted by molar-refractivity contribution is 6.34. The molecule has 0 spiro atoms. The monoisotopic (exact) mass is 257 g/mol. The number of furan rings is 1. The third-order valence-electron chi connectivity index (χ3n) is 2.79. The molecule has 0 aliphatic carbocycles. The standard InChI is InChI=1S/C14H8ClNO2/c15-14-12(5-7-18-14)13(17)11-3-1-2-9-8-16-6-4-10(9)11/h1-8H. The molecule has 0 saturated carbocycles. The van der Waals surface area contributed by atoms with Crippen LogP contribution in [0.25, 0.3) is 10.8 Å². The van der Waals surface area contributed by atoms with Gasteiger partial charge in [-0.15, -0.1) is 0 Å². The minimum absolute atomic E-state index is 0.117. The minimum atomic E-state index is -0.148. The van der Waals surface area contributed by atoms with E-state index in [1.54, 1.807) is 24.5 Å². The number of fused-ring (bicyclic) bond motifs is 1. The van der Waals surface area contributed by atoms with E-state index in [-0.39, 0.29) is 11.0 Å². The van der Waals surface area contributed by atoms with E-state index in [9.17, 15) is 4.79 Å². The maximum Gasteiger partial charge on any atom is 0.204 e. The van der Waals surface area contributed by atoms with Gasteiger partial charge in [-0.05, 0) is 29.1 Å². The lowest BCUT2D eigenvalue weighted by atomic mass is 10.00. The first-order chi connectivity index (χ1) is 8.77. The third kappa shape index (κ3) is 1.69. The topological polar surface area (TPSA) is 43.1 Å². The van der Waals surface area contributed by atoms with Crippen LogP contribution in [0.3, 0.4) is 0 Å². The summed E-state index contributed by atoms with van der Waals surface area (Å²) in [5.74, 6) is -0.148. The normalized spacial score (nSPS) is 10.7. The molecule has 0 bridgehead atoms. The number of ketones is 1. The number of hydrogen-bond acceptors (Lipinski definition) is 3. The number of pyridine rings is 1. The van der Waals surface area contributed by atoms with Crippen LogP contribution < -0.4 is 0 Å². The number of aromatic nitrogens is 1. The molecule has 0 saturated heterocycles. The molecule has 3 rings (SSSR count). The molecular weight excluding hydrogens is 250 g/mol. The predicted molar refractivity (Wildman–Crippen MR) is 68.9 cm³/mol. The number of hydrogen-bond donors (Lipinski definition) is 0. The smallest absolute Gasteiger partial charge is 0.204 e. The van der Waals surface area contributed by atoms with Gasteiger partial charge in [0.2, 0.25) is 5.22 Å². The Morgan fingerprint density at radius 1 is 1.17 bits per heavy atom. The number of benzene rings is 1. The molecule has 4 heteroatoms. The average molecular weight is 258 g/mol. The molecule has 1 aromatic carbocycles. The van der Waals surface area contributed by atoms with Gasteiger partial charge in [0.05, 0.1) is 11.8 Å². The zero-order valence-corrected chi connectivity index (χ0v) is 10.0. The maximum absolute atomic E-state index is 12.4. The zero-order chi connectivity index (χ0) is 12.5. The third-order valence-corrected chi connectivity index (χ3v) is 3.08. The molecule has 0 N–H and O–H groups in total. The van der Waals surface area contributed by atoms with Crippen LogP contribution in [0.4, 0.5) is 0 Å². The second-order valence-corrected chi connectivity index (χ2v) is 4.18. The van der Waals surface area contributed by atoms with Crippen LogP contribution in [0, 0.1) is 0 Å². The Bertz CT molecular complexity index is 728. The summed E-state index contributed by atoms with van der Waals surface area (Å²) < 4.78 is 4.95. The van der Waals surface area contributed by atoms with Crippen LogP contribution >= 0.6 is 11.6 Å². The van der Waals surface area contributed by atoms with Gasteiger partial charge >= 0.3 is 0 Å². The molecule has 0 aliphatic rings. The van der Waals surface area contributed by atoms with E-state index in [1.807, 2.05) is 18.2 Å². The fourth-order valence-corrected chi connectivity index (χ4v) is 2.12. The van der Waals surface area contributed by atoms with Gasteiger partial charge in [0.25, 0.3) is 0 Å². The largest absolute Gasteiger partial charge is 0.452 e.